The van der Waals surface area contributed by atoms with Crippen LogP contribution in [0.25, 0.3) is 0 Å². The molecule has 1 rings (SSSR count). The third-order valence-corrected chi connectivity index (χ3v) is 6.54. The number of nitrogens with zero attached hydrogens (tertiary/aromatic N) is 1. The van der Waals surface area contributed by atoms with Gasteiger partial charge in [0.2, 0.25) is 10.0 Å². The van der Waals surface area contributed by atoms with Crippen LogP contribution in [0.2, 0.25) is 0 Å². The zero-order valence-electron chi connectivity index (χ0n) is 12.7. The molecule has 21 heavy (non-hydrogen) atoms. The average molecular weight is 334 g/mol. The van der Waals surface area contributed by atoms with Crippen molar-refractivity contribution in [3.8, 4) is 0 Å². The van der Waals surface area contributed by atoms with Crippen LogP contribution < -0.4 is 5.73 Å². The van der Waals surface area contributed by atoms with Crippen molar-refractivity contribution in [2.45, 2.75) is 42.5 Å². The fourth-order valence-corrected chi connectivity index (χ4v) is 4.21. The van der Waals surface area contributed by atoms with Crippen molar-refractivity contribution in [1.29, 1.82) is 0 Å². The minimum atomic E-state index is -3.83. The van der Waals surface area contributed by atoms with Gasteiger partial charge >= 0.3 is 0 Å². The highest BCUT2D eigenvalue weighted by Crippen LogP contribution is 2.26. The number of benzene rings is 1. The van der Waals surface area contributed by atoms with Crippen LogP contribution in [-0.4, -0.2) is 40.5 Å². The average Bonchev–Trinajstić information content (AvgIpc) is 2.36. The summed E-state index contributed by atoms with van der Waals surface area (Å²) in [5.41, 5.74) is 5.77. The van der Waals surface area contributed by atoms with Gasteiger partial charge in [-0.2, -0.15) is 4.31 Å². The lowest BCUT2D eigenvalue weighted by molar-refractivity contribution is 0.369. The SMILES string of the molecule is CCCC(C)N(C)S(=O)(=O)c1cc(S(C)(=O)=O)ccc1N. The lowest BCUT2D eigenvalue weighted by Gasteiger charge is -2.24. The van der Waals surface area contributed by atoms with E-state index in [1.807, 2.05) is 6.92 Å². The number of hydrogen-bond acceptors (Lipinski definition) is 5. The van der Waals surface area contributed by atoms with Gasteiger partial charge in [-0.1, -0.05) is 13.3 Å². The minimum Gasteiger partial charge on any atom is -0.398 e. The first-order valence-electron chi connectivity index (χ1n) is 6.59. The Bertz CT molecular complexity index is 712. The molecule has 0 bridgehead atoms. The lowest BCUT2D eigenvalue weighted by Crippen LogP contribution is -2.35. The van der Waals surface area contributed by atoms with Crippen LogP contribution >= 0.6 is 0 Å². The second-order valence-corrected chi connectivity index (χ2v) is 9.11. The summed E-state index contributed by atoms with van der Waals surface area (Å²) in [6, 6.07) is 3.54. The maximum Gasteiger partial charge on any atom is 0.245 e. The fourth-order valence-electron chi connectivity index (χ4n) is 1.96. The van der Waals surface area contributed by atoms with Gasteiger partial charge in [0, 0.05) is 19.3 Å². The highest BCUT2D eigenvalue weighted by atomic mass is 32.2. The third-order valence-electron chi connectivity index (χ3n) is 3.40. The molecule has 0 aliphatic carbocycles. The van der Waals surface area contributed by atoms with Gasteiger partial charge in [-0.3, -0.25) is 0 Å². The van der Waals surface area contributed by atoms with E-state index < -0.39 is 19.9 Å². The Balaban J connectivity index is 3.38. The third kappa shape index (κ3) is 3.96. The number of rotatable bonds is 6. The van der Waals surface area contributed by atoms with Crippen molar-refractivity contribution in [3.05, 3.63) is 18.2 Å². The molecule has 0 aliphatic rings. The molecule has 1 unspecified atom stereocenters. The maximum absolute atomic E-state index is 12.6. The zero-order chi connectivity index (χ0) is 16.4. The smallest absolute Gasteiger partial charge is 0.245 e. The van der Waals surface area contributed by atoms with Gasteiger partial charge < -0.3 is 5.73 Å². The van der Waals surface area contributed by atoms with E-state index in [0.29, 0.717) is 6.42 Å². The fraction of sp³-hybridized carbons (Fsp3) is 0.538. The van der Waals surface area contributed by atoms with Gasteiger partial charge in [-0.05, 0) is 31.5 Å². The summed E-state index contributed by atoms with van der Waals surface area (Å²) >= 11 is 0. The van der Waals surface area contributed by atoms with Crippen LogP contribution in [0.15, 0.2) is 28.0 Å². The van der Waals surface area contributed by atoms with Gasteiger partial charge in [0.15, 0.2) is 9.84 Å². The number of nitrogens with two attached hydrogens (primary N) is 1. The quantitative estimate of drug-likeness (QED) is 0.795. The summed E-state index contributed by atoms with van der Waals surface area (Å²) in [6.45, 7) is 3.77. The molecule has 8 heteroatoms. The first-order chi connectivity index (χ1) is 9.51. The van der Waals surface area contributed by atoms with E-state index >= 15 is 0 Å². The Morgan fingerprint density at radius 2 is 1.81 bits per heavy atom. The molecule has 120 valence electrons. The summed E-state index contributed by atoms with van der Waals surface area (Å²) in [6.07, 6.45) is 2.58. The van der Waals surface area contributed by atoms with Crippen molar-refractivity contribution in [2.24, 2.45) is 0 Å². The molecule has 0 fully saturated rings. The maximum atomic E-state index is 12.6. The van der Waals surface area contributed by atoms with Gasteiger partial charge in [-0.15, -0.1) is 0 Å². The molecule has 0 aliphatic heterocycles. The molecule has 2 N–H and O–H groups in total. The minimum absolute atomic E-state index is 0.0398. The summed E-state index contributed by atoms with van der Waals surface area (Å²) in [5, 5.41) is 0. The number of hydrogen-bond donors (Lipinski definition) is 1. The molecular formula is C13H22N2O4S2. The van der Waals surface area contributed by atoms with Crippen molar-refractivity contribution >= 4 is 25.5 Å². The van der Waals surface area contributed by atoms with E-state index in [-0.39, 0.29) is 21.5 Å². The normalized spacial score (nSPS) is 14.3. The Kier molecular flexibility index (Phi) is 5.40. The monoisotopic (exact) mass is 334 g/mol. The molecule has 0 heterocycles. The summed E-state index contributed by atoms with van der Waals surface area (Å²) < 4.78 is 49.6. The largest absolute Gasteiger partial charge is 0.398 e. The second kappa shape index (κ2) is 6.33. The number of sulfonamides is 1. The molecule has 0 spiro atoms. The number of nitrogen functional groups attached to an aromatic ring is 1. The van der Waals surface area contributed by atoms with Gasteiger partial charge in [0.05, 0.1) is 10.6 Å². The molecule has 0 radical (unpaired) electrons. The highest BCUT2D eigenvalue weighted by molar-refractivity contribution is 7.91. The first-order valence-corrected chi connectivity index (χ1v) is 9.92. The summed E-state index contributed by atoms with van der Waals surface area (Å²) in [7, 11) is -5.85. The molecular weight excluding hydrogens is 312 g/mol. The van der Waals surface area contributed by atoms with Crippen LogP contribution in [0.4, 0.5) is 5.69 Å². The van der Waals surface area contributed by atoms with E-state index in [9.17, 15) is 16.8 Å². The Morgan fingerprint density at radius 1 is 1.24 bits per heavy atom. The van der Waals surface area contributed by atoms with Gasteiger partial charge in [-0.25, -0.2) is 16.8 Å². The molecule has 6 nitrogen and oxygen atoms in total. The van der Waals surface area contributed by atoms with Gasteiger partial charge in [0.25, 0.3) is 0 Å². The lowest BCUT2D eigenvalue weighted by atomic mass is 10.2. The molecule has 1 aromatic carbocycles. The highest BCUT2D eigenvalue weighted by Gasteiger charge is 2.28. The van der Waals surface area contributed by atoms with E-state index in [2.05, 4.69) is 0 Å². The van der Waals surface area contributed by atoms with Crippen molar-refractivity contribution < 1.29 is 16.8 Å². The standard InChI is InChI=1S/C13H22N2O4S2/c1-5-6-10(2)15(3)21(18,19)13-9-11(20(4,16)17)7-8-12(13)14/h7-10H,5-6,14H2,1-4H3. The van der Waals surface area contributed by atoms with Crippen molar-refractivity contribution in [1.82, 2.24) is 4.31 Å². The predicted octanol–water partition coefficient (Wildman–Crippen LogP) is 1.48. The topological polar surface area (TPSA) is 97.5 Å². The second-order valence-electron chi connectivity index (χ2n) is 5.13. The van der Waals surface area contributed by atoms with E-state index in [1.165, 1.54) is 23.5 Å². The molecule has 1 aromatic rings. The van der Waals surface area contributed by atoms with Crippen molar-refractivity contribution in [3.63, 3.8) is 0 Å². The Hall–Kier alpha value is -1.12. The van der Waals surface area contributed by atoms with Crippen LogP contribution in [0.1, 0.15) is 26.7 Å². The predicted molar refractivity (Wildman–Crippen MR) is 83.3 cm³/mol. The number of sulfone groups is 1. The Morgan fingerprint density at radius 3 is 2.29 bits per heavy atom. The van der Waals surface area contributed by atoms with E-state index in [4.69, 9.17) is 5.73 Å². The molecule has 0 amide bonds. The van der Waals surface area contributed by atoms with Crippen molar-refractivity contribution in [2.75, 3.05) is 19.0 Å². The molecule has 0 saturated heterocycles. The van der Waals surface area contributed by atoms with Gasteiger partial charge in [0.1, 0.15) is 4.90 Å². The van der Waals surface area contributed by atoms with Crippen LogP contribution in [0.5, 0.6) is 0 Å². The summed E-state index contributed by atoms with van der Waals surface area (Å²) in [5.74, 6) is 0. The molecule has 0 aromatic heterocycles. The van der Waals surface area contributed by atoms with E-state index in [0.717, 1.165) is 18.7 Å². The zero-order valence-corrected chi connectivity index (χ0v) is 14.3. The van der Waals surface area contributed by atoms with Crippen LogP contribution in [-0.2, 0) is 19.9 Å². The van der Waals surface area contributed by atoms with E-state index in [1.54, 1.807) is 6.92 Å². The molecule has 0 saturated carbocycles. The van der Waals surface area contributed by atoms with Crippen LogP contribution in [0, 0.1) is 0 Å². The molecule has 1 atom stereocenters. The number of anilines is 1. The Labute approximate surface area is 126 Å². The first kappa shape index (κ1) is 17.9. The summed E-state index contributed by atoms with van der Waals surface area (Å²) in [4.78, 5) is -0.234. The van der Waals surface area contributed by atoms with Crippen LogP contribution in [0.3, 0.4) is 0 Å².